The van der Waals surface area contributed by atoms with Gasteiger partial charge in [-0.25, -0.2) is 0 Å². The topological polar surface area (TPSA) is 68.9 Å². The predicted octanol–water partition coefficient (Wildman–Crippen LogP) is 1.60. The van der Waals surface area contributed by atoms with E-state index in [1.54, 1.807) is 30.5 Å². The number of carbonyl (C=O) groups excluding carboxylic acids is 1. The van der Waals surface area contributed by atoms with Crippen molar-refractivity contribution in [1.82, 2.24) is 9.97 Å². The van der Waals surface area contributed by atoms with E-state index in [2.05, 4.69) is 9.97 Å². The molecule has 2 rings (SSSR count). The molecule has 0 aliphatic heterocycles. The quantitative estimate of drug-likeness (QED) is 0.769. The van der Waals surface area contributed by atoms with Crippen molar-refractivity contribution < 1.29 is 4.79 Å². The van der Waals surface area contributed by atoms with Crippen molar-refractivity contribution >= 4 is 11.5 Å². The predicted molar refractivity (Wildman–Crippen MR) is 61.1 cm³/mol. The lowest BCUT2D eigenvalue weighted by atomic mass is 10.1. The van der Waals surface area contributed by atoms with Gasteiger partial charge in [-0.05, 0) is 31.2 Å². The monoisotopic (exact) mass is 213 g/mol. The van der Waals surface area contributed by atoms with Crippen molar-refractivity contribution in [2.75, 3.05) is 5.73 Å². The van der Waals surface area contributed by atoms with Crippen molar-refractivity contribution in [2.45, 2.75) is 6.92 Å². The Morgan fingerprint density at radius 1 is 1.25 bits per heavy atom. The van der Waals surface area contributed by atoms with Crippen LogP contribution in [0.2, 0.25) is 0 Å². The van der Waals surface area contributed by atoms with Gasteiger partial charge in [0.1, 0.15) is 5.69 Å². The highest BCUT2D eigenvalue weighted by molar-refractivity contribution is 6.10. The molecule has 80 valence electrons. The first-order valence-electron chi connectivity index (χ1n) is 4.86. The maximum Gasteiger partial charge on any atom is 0.215 e. The Balaban J connectivity index is 2.40. The molecule has 2 aromatic rings. The molecule has 2 aromatic heterocycles. The standard InChI is InChI=1S/C12H11N3O/c1-8-4-5-9(7-15-8)12(16)11-10(13)3-2-6-14-11/h2-7H,13H2,1H3. The highest BCUT2D eigenvalue weighted by atomic mass is 16.1. The van der Waals surface area contributed by atoms with Crippen LogP contribution in [-0.4, -0.2) is 15.8 Å². The Bertz CT molecular complexity index is 520. The van der Waals surface area contributed by atoms with E-state index in [9.17, 15) is 4.79 Å². The van der Waals surface area contributed by atoms with Crippen LogP contribution in [0.5, 0.6) is 0 Å². The molecule has 0 fully saturated rings. The number of nitrogen functional groups attached to an aromatic ring is 1. The molecule has 0 aromatic carbocycles. The van der Waals surface area contributed by atoms with Crippen LogP contribution in [0, 0.1) is 6.92 Å². The van der Waals surface area contributed by atoms with Crippen molar-refractivity contribution in [1.29, 1.82) is 0 Å². The lowest BCUT2D eigenvalue weighted by Crippen LogP contribution is -2.08. The minimum atomic E-state index is -0.203. The number of aryl methyl sites for hydroxylation is 1. The zero-order valence-corrected chi connectivity index (χ0v) is 8.84. The van der Waals surface area contributed by atoms with Crippen molar-refractivity contribution in [3.8, 4) is 0 Å². The molecule has 0 saturated heterocycles. The molecule has 0 aliphatic carbocycles. The van der Waals surface area contributed by atoms with Gasteiger partial charge >= 0.3 is 0 Å². The maximum atomic E-state index is 12.0. The molecule has 0 atom stereocenters. The number of nitrogens with two attached hydrogens (primary N) is 1. The van der Waals surface area contributed by atoms with Crippen LogP contribution in [0.25, 0.3) is 0 Å². The van der Waals surface area contributed by atoms with Gasteiger partial charge in [0, 0.05) is 23.7 Å². The SMILES string of the molecule is Cc1ccc(C(=O)c2ncccc2N)cn1. The average Bonchev–Trinajstić information content (AvgIpc) is 2.30. The molecule has 0 spiro atoms. The number of hydrogen-bond donors (Lipinski definition) is 1. The van der Waals surface area contributed by atoms with Crippen LogP contribution in [0.15, 0.2) is 36.7 Å². The summed E-state index contributed by atoms with van der Waals surface area (Å²) in [7, 11) is 0. The first-order valence-corrected chi connectivity index (χ1v) is 4.86. The first kappa shape index (κ1) is 10.3. The van der Waals surface area contributed by atoms with E-state index in [0.29, 0.717) is 11.3 Å². The van der Waals surface area contributed by atoms with Crippen LogP contribution in [0.3, 0.4) is 0 Å². The lowest BCUT2D eigenvalue weighted by molar-refractivity contribution is 0.103. The van der Waals surface area contributed by atoms with Gasteiger partial charge in [-0.3, -0.25) is 14.8 Å². The summed E-state index contributed by atoms with van der Waals surface area (Å²) in [6, 6.07) is 6.85. The number of carbonyl (C=O) groups is 1. The Kier molecular flexibility index (Phi) is 2.64. The van der Waals surface area contributed by atoms with Gasteiger partial charge in [-0.15, -0.1) is 0 Å². The second kappa shape index (κ2) is 4.10. The summed E-state index contributed by atoms with van der Waals surface area (Å²) in [6.45, 7) is 1.86. The Labute approximate surface area is 93.2 Å². The molecule has 4 heteroatoms. The van der Waals surface area contributed by atoms with E-state index in [-0.39, 0.29) is 11.5 Å². The molecule has 4 nitrogen and oxygen atoms in total. The zero-order chi connectivity index (χ0) is 11.5. The molecular formula is C12H11N3O. The normalized spacial score (nSPS) is 10.1. The summed E-state index contributed by atoms with van der Waals surface area (Å²) in [5.74, 6) is -0.203. The molecule has 0 bridgehead atoms. The average molecular weight is 213 g/mol. The molecule has 0 unspecified atom stereocenters. The number of aromatic nitrogens is 2. The minimum Gasteiger partial charge on any atom is -0.397 e. The number of pyridine rings is 2. The molecule has 16 heavy (non-hydrogen) atoms. The summed E-state index contributed by atoms with van der Waals surface area (Å²) in [6.07, 6.45) is 3.08. The fraction of sp³-hybridized carbons (Fsp3) is 0.0833. The van der Waals surface area contributed by atoms with E-state index < -0.39 is 0 Å². The minimum absolute atomic E-state index is 0.203. The van der Waals surface area contributed by atoms with Gasteiger partial charge in [-0.2, -0.15) is 0 Å². The second-order valence-electron chi connectivity index (χ2n) is 3.46. The molecular weight excluding hydrogens is 202 g/mol. The third-order valence-electron chi connectivity index (χ3n) is 2.23. The molecule has 2 N–H and O–H groups in total. The summed E-state index contributed by atoms with van der Waals surface area (Å²) in [4.78, 5) is 20.0. The maximum absolute atomic E-state index is 12.0. The van der Waals surface area contributed by atoms with Gasteiger partial charge in [0.2, 0.25) is 5.78 Å². The molecule has 0 saturated carbocycles. The zero-order valence-electron chi connectivity index (χ0n) is 8.84. The van der Waals surface area contributed by atoms with Crippen molar-refractivity contribution in [3.63, 3.8) is 0 Å². The number of ketones is 1. The Hall–Kier alpha value is -2.23. The van der Waals surface area contributed by atoms with E-state index in [1.807, 2.05) is 6.92 Å². The molecule has 0 amide bonds. The highest BCUT2D eigenvalue weighted by Crippen LogP contribution is 2.13. The van der Waals surface area contributed by atoms with Gasteiger partial charge in [-0.1, -0.05) is 0 Å². The van der Waals surface area contributed by atoms with Crippen LogP contribution >= 0.6 is 0 Å². The highest BCUT2D eigenvalue weighted by Gasteiger charge is 2.13. The fourth-order valence-corrected chi connectivity index (χ4v) is 1.35. The molecule has 0 radical (unpaired) electrons. The number of hydrogen-bond acceptors (Lipinski definition) is 4. The van der Waals surface area contributed by atoms with Gasteiger partial charge < -0.3 is 5.73 Å². The van der Waals surface area contributed by atoms with Crippen molar-refractivity contribution in [3.05, 3.63) is 53.6 Å². The second-order valence-corrected chi connectivity index (χ2v) is 3.46. The fourth-order valence-electron chi connectivity index (χ4n) is 1.35. The van der Waals surface area contributed by atoms with Crippen LogP contribution in [0.4, 0.5) is 5.69 Å². The lowest BCUT2D eigenvalue weighted by Gasteiger charge is -2.03. The van der Waals surface area contributed by atoms with E-state index in [0.717, 1.165) is 5.69 Å². The molecule has 2 heterocycles. The smallest absolute Gasteiger partial charge is 0.215 e. The third kappa shape index (κ3) is 1.91. The van der Waals surface area contributed by atoms with Gasteiger partial charge in [0.15, 0.2) is 0 Å². The Morgan fingerprint density at radius 2 is 2.06 bits per heavy atom. The van der Waals surface area contributed by atoms with Gasteiger partial charge in [0.25, 0.3) is 0 Å². The summed E-state index contributed by atoms with van der Waals surface area (Å²) in [5, 5.41) is 0. The molecule has 0 aliphatic rings. The Morgan fingerprint density at radius 3 is 2.69 bits per heavy atom. The third-order valence-corrected chi connectivity index (χ3v) is 2.23. The number of anilines is 1. The summed E-state index contributed by atoms with van der Waals surface area (Å²) < 4.78 is 0. The van der Waals surface area contributed by atoms with Crippen LogP contribution in [0.1, 0.15) is 21.7 Å². The van der Waals surface area contributed by atoms with Crippen LogP contribution < -0.4 is 5.73 Å². The summed E-state index contributed by atoms with van der Waals surface area (Å²) in [5.41, 5.74) is 7.70. The van der Waals surface area contributed by atoms with Crippen LogP contribution in [-0.2, 0) is 0 Å². The number of nitrogens with zero attached hydrogens (tertiary/aromatic N) is 2. The van der Waals surface area contributed by atoms with E-state index in [4.69, 9.17) is 5.73 Å². The van der Waals surface area contributed by atoms with E-state index in [1.165, 1.54) is 6.20 Å². The van der Waals surface area contributed by atoms with E-state index >= 15 is 0 Å². The van der Waals surface area contributed by atoms with Crippen molar-refractivity contribution in [2.24, 2.45) is 0 Å². The van der Waals surface area contributed by atoms with Gasteiger partial charge in [0.05, 0.1) is 5.69 Å². The first-order chi connectivity index (χ1) is 7.68. The largest absolute Gasteiger partial charge is 0.397 e. The number of rotatable bonds is 2. The summed E-state index contributed by atoms with van der Waals surface area (Å²) >= 11 is 0.